The van der Waals surface area contributed by atoms with Gasteiger partial charge in [0.2, 0.25) is 5.91 Å². The van der Waals surface area contributed by atoms with Crippen LogP contribution in [0.3, 0.4) is 0 Å². The lowest BCUT2D eigenvalue weighted by molar-refractivity contribution is -0.116. The third-order valence-corrected chi connectivity index (χ3v) is 12.4. The van der Waals surface area contributed by atoms with E-state index in [0.717, 1.165) is 77.3 Å². The van der Waals surface area contributed by atoms with E-state index in [-0.39, 0.29) is 18.9 Å². The molecule has 0 spiro atoms. The standard InChI is InChI=1S/C46H63ClN8O10S/c1-33-34(2)66-45-42(33)43(36-4-6-37(47)7-5-36)50-40(44-52-51-35(3)55(44)45)32-41(56)49-38-8-10-39(11-9-38)54-15-13-53(14-16-54)17-19-60-21-23-62-25-27-64-29-31-65-30-28-63-26-24-61-22-20-59-18-12-48-46(57)58/h4-11,40,48H,12-32H2,1-3H3,(H,49,56)(H,57,58)/t40-/m0/s1. The molecule has 0 saturated carbocycles. The van der Waals surface area contributed by atoms with Gasteiger partial charge in [-0.1, -0.05) is 23.7 Å². The minimum absolute atomic E-state index is 0.103. The van der Waals surface area contributed by atoms with E-state index in [1.54, 1.807) is 11.3 Å². The van der Waals surface area contributed by atoms with Gasteiger partial charge >= 0.3 is 6.09 Å². The van der Waals surface area contributed by atoms with Crippen LogP contribution in [-0.2, 0) is 38.0 Å². The van der Waals surface area contributed by atoms with Crippen LogP contribution in [0, 0.1) is 20.8 Å². The third kappa shape index (κ3) is 15.8. The smallest absolute Gasteiger partial charge is 0.404 e. The number of hydrogen-bond donors (Lipinski definition) is 3. The average molecular weight is 956 g/mol. The quantitative estimate of drug-likeness (QED) is 0.0592. The number of benzene rings is 2. The first-order valence-corrected chi connectivity index (χ1v) is 23.6. The maximum atomic E-state index is 13.6. The average Bonchev–Trinajstić information content (AvgIpc) is 3.79. The molecule has 4 heterocycles. The van der Waals surface area contributed by atoms with Crippen molar-refractivity contribution in [3.8, 4) is 5.00 Å². The van der Waals surface area contributed by atoms with Crippen molar-refractivity contribution in [2.45, 2.75) is 33.2 Å². The number of amides is 2. The highest BCUT2D eigenvalue weighted by Gasteiger charge is 2.32. The molecule has 1 fully saturated rings. The number of rotatable bonds is 29. The zero-order valence-corrected chi connectivity index (χ0v) is 39.7. The molecule has 0 radical (unpaired) electrons. The molecule has 2 aromatic carbocycles. The molecule has 1 atom stereocenters. The summed E-state index contributed by atoms with van der Waals surface area (Å²) in [5.41, 5.74) is 5.77. The summed E-state index contributed by atoms with van der Waals surface area (Å²) in [6, 6.07) is 15.2. The maximum Gasteiger partial charge on any atom is 0.404 e. The van der Waals surface area contributed by atoms with E-state index in [1.165, 1.54) is 4.88 Å². The van der Waals surface area contributed by atoms with Crippen molar-refractivity contribution < 1.29 is 47.9 Å². The van der Waals surface area contributed by atoms with Crippen LogP contribution in [0.15, 0.2) is 53.5 Å². The van der Waals surface area contributed by atoms with Crippen molar-refractivity contribution >= 4 is 52.0 Å². The van der Waals surface area contributed by atoms with Crippen LogP contribution in [0.25, 0.3) is 5.00 Å². The minimum Gasteiger partial charge on any atom is -0.465 e. The molecule has 0 bridgehead atoms. The van der Waals surface area contributed by atoms with Crippen LogP contribution < -0.4 is 15.5 Å². The number of piperazine rings is 1. The van der Waals surface area contributed by atoms with Gasteiger partial charge in [0.1, 0.15) is 16.9 Å². The van der Waals surface area contributed by atoms with Crippen LogP contribution in [0.5, 0.6) is 0 Å². The topological polar surface area (TPSA) is 193 Å². The number of halogens is 1. The van der Waals surface area contributed by atoms with E-state index in [4.69, 9.17) is 54.9 Å². The van der Waals surface area contributed by atoms with E-state index in [2.05, 4.69) is 61.2 Å². The van der Waals surface area contributed by atoms with Crippen LogP contribution in [0.4, 0.5) is 16.2 Å². The number of carbonyl (C=O) groups excluding carboxylic acids is 1. The summed E-state index contributed by atoms with van der Waals surface area (Å²) in [6.45, 7) is 17.6. The SMILES string of the molecule is Cc1sc2c(c1C)C(c1ccc(Cl)cc1)=N[C@@H](CC(=O)Nc1ccc(N3CCN(CCOCCOCCOCCOCCOCCOCCOCCNC(=O)O)CC3)cc1)c1nnc(C)n1-2. The van der Waals surface area contributed by atoms with E-state index < -0.39 is 12.1 Å². The number of nitrogens with zero attached hydrogens (tertiary/aromatic N) is 6. The number of aromatic nitrogens is 3. The summed E-state index contributed by atoms with van der Waals surface area (Å²) in [7, 11) is 0. The van der Waals surface area contributed by atoms with E-state index >= 15 is 0 Å². The van der Waals surface area contributed by atoms with Gasteiger partial charge in [0.05, 0.1) is 105 Å². The second-order valence-corrected chi connectivity index (χ2v) is 17.2. The minimum atomic E-state index is -1.06. The first-order valence-electron chi connectivity index (χ1n) is 22.4. The van der Waals surface area contributed by atoms with Crippen molar-refractivity contribution in [2.24, 2.45) is 4.99 Å². The van der Waals surface area contributed by atoms with Crippen molar-refractivity contribution in [1.29, 1.82) is 0 Å². The summed E-state index contributed by atoms with van der Waals surface area (Å²) in [5.74, 6) is 1.24. The Balaban J connectivity index is 0.792. The van der Waals surface area contributed by atoms with Gasteiger partial charge in [-0.05, 0) is 62.7 Å². The Kier molecular flexibility index (Phi) is 21.1. The van der Waals surface area contributed by atoms with Crippen molar-refractivity contribution in [3.05, 3.63) is 86.8 Å². The Bertz CT molecular complexity index is 2130. The number of thiophene rings is 1. The lowest BCUT2D eigenvalue weighted by Gasteiger charge is -2.36. The Labute approximate surface area is 395 Å². The van der Waals surface area contributed by atoms with E-state index in [9.17, 15) is 9.59 Å². The summed E-state index contributed by atoms with van der Waals surface area (Å²) >= 11 is 7.95. The molecule has 0 unspecified atom stereocenters. The van der Waals surface area contributed by atoms with Gasteiger partial charge in [0, 0.05) is 71.7 Å². The summed E-state index contributed by atoms with van der Waals surface area (Å²) in [5, 5.41) is 24.4. The molecule has 20 heteroatoms. The first kappa shape index (κ1) is 50.9. The molecule has 3 N–H and O–H groups in total. The molecule has 2 aliphatic rings. The second-order valence-electron chi connectivity index (χ2n) is 15.6. The van der Waals surface area contributed by atoms with Gasteiger partial charge in [-0.2, -0.15) is 0 Å². The Hall–Kier alpha value is -4.54. The molecule has 2 aromatic heterocycles. The van der Waals surface area contributed by atoms with E-state index in [0.29, 0.717) is 103 Å². The van der Waals surface area contributed by atoms with Crippen LogP contribution in [-0.4, -0.2) is 174 Å². The van der Waals surface area contributed by atoms with Gasteiger partial charge < -0.3 is 53.8 Å². The predicted octanol–water partition coefficient (Wildman–Crippen LogP) is 5.33. The van der Waals surface area contributed by atoms with Gasteiger partial charge in [-0.3, -0.25) is 19.3 Å². The number of nitrogens with one attached hydrogen (secondary N) is 2. The Morgan fingerprint density at radius 2 is 1.27 bits per heavy atom. The number of aryl methyl sites for hydroxylation is 2. The molecule has 66 heavy (non-hydrogen) atoms. The molecule has 1 saturated heterocycles. The van der Waals surface area contributed by atoms with Gasteiger partial charge in [0.15, 0.2) is 5.82 Å². The van der Waals surface area contributed by atoms with Crippen molar-refractivity contribution in [1.82, 2.24) is 25.0 Å². The number of ether oxygens (including phenoxy) is 7. The second kappa shape index (κ2) is 27.3. The summed E-state index contributed by atoms with van der Waals surface area (Å²) < 4.78 is 40.6. The Morgan fingerprint density at radius 1 is 0.727 bits per heavy atom. The zero-order valence-electron chi connectivity index (χ0n) is 38.1. The number of hydrogen-bond acceptors (Lipinski definition) is 15. The monoisotopic (exact) mass is 954 g/mol. The zero-order chi connectivity index (χ0) is 46.5. The number of fused-ring (bicyclic) bond motifs is 3. The fourth-order valence-corrected chi connectivity index (χ4v) is 8.69. The van der Waals surface area contributed by atoms with Crippen LogP contribution >= 0.6 is 22.9 Å². The lowest BCUT2D eigenvalue weighted by atomic mass is 9.99. The molecule has 6 rings (SSSR count). The van der Waals surface area contributed by atoms with Crippen molar-refractivity contribution in [3.63, 3.8) is 0 Å². The third-order valence-electron chi connectivity index (χ3n) is 10.9. The summed E-state index contributed by atoms with van der Waals surface area (Å²) in [4.78, 5) is 35.2. The molecule has 2 amide bonds. The molecule has 4 aromatic rings. The van der Waals surface area contributed by atoms with Crippen molar-refractivity contribution in [2.75, 3.05) is 142 Å². The van der Waals surface area contributed by atoms with E-state index in [1.807, 2.05) is 43.3 Å². The highest BCUT2D eigenvalue weighted by atomic mass is 35.5. The fourth-order valence-electron chi connectivity index (χ4n) is 7.35. The molecule has 18 nitrogen and oxygen atoms in total. The molecule has 360 valence electrons. The lowest BCUT2D eigenvalue weighted by Crippen LogP contribution is -2.47. The fraction of sp³-hybridized carbons (Fsp3) is 0.543. The normalized spacial score (nSPS) is 15.0. The number of carbonyl (C=O) groups is 2. The summed E-state index contributed by atoms with van der Waals surface area (Å²) in [6.07, 6.45) is -0.961. The van der Waals surface area contributed by atoms with Gasteiger partial charge in [-0.15, -0.1) is 21.5 Å². The van der Waals surface area contributed by atoms with Gasteiger partial charge in [-0.25, -0.2) is 4.79 Å². The Morgan fingerprint density at radius 3 is 1.83 bits per heavy atom. The van der Waals surface area contributed by atoms with Crippen LogP contribution in [0.1, 0.15) is 45.7 Å². The van der Waals surface area contributed by atoms with Gasteiger partial charge in [0.25, 0.3) is 0 Å². The number of anilines is 2. The molecule has 2 aliphatic heterocycles. The maximum absolute atomic E-state index is 13.6. The number of carboxylic acid groups (broad SMARTS) is 1. The highest BCUT2D eigenvalue weighted by Crippen LogP contribution is 2.39. The molecule has 0 aliphatic carbocycles. The van der Waals surface area contributed by atoms with Crippen LogP contribution in [0.2, 0.25) is 5.02 Å². The molecular formula is C46H63ClN8O10S. The number of aliphatic imine (C=N–C) groups is 1. The largest absolute Gasteiger partial charge is 0.465 e. The first-order chi connectivity index (χ1) is 32.2. The molecular weight excluding hydrogens is 892 g/mol. The highest BCUT2D eigenvalue weighted by molar-refractivity contribution is 7.15. The predicted molar refractivity (Wildman–Crippen MR) is 253 cm³/mol.